The fraction of sp³-hybridized carbons (Fsp3) is 0.158. The van der Waals surface area contributed by atoms with Crippen LogP contribution in [0.25, 0.3) is 10.9 Å². The molecule has 0 spiro atoms. The summed E-state index contributed by atoms with van der Waals surface area (Å²) in [6.07, 6.45) is -2.49. The largest absolute Gasteiger partial charge is 0.416 e. The highest BCUT2D eigenvalue weighted by atomic mass is 19.4. The fourth-order valence-electron chi connectivity index (χ4n) is 2.64. The molecule has 2 amide bonds. The molecule has 0 aliphatic rings. The zero-order chi connectivity index (χ0) is 19.4. The first-order valence-corrected chi connectivity index (χ1v) is 8.09. The average Bonchev–Trinajstić information content (AvgIpc) is 2.63. The number of nitrogens with one attached hydrogen (secondary N) is 2. The Morgan fingerprint density at radius 2 is 1.85 bits per heavy atom. The lowest BCUT2D eigenvalue weighted by Crippen LogP contribution is -2.31. The van der Waals surface area contributed by atoms with Crippen LogP contribution in [0.4, 0.5) is 28.0 Å². The molecule has 27 heavy (non-hydrogen) atoms. The molecule has 1 aromatic heterocycles. The molecule has 2 aromatic carbocycles. The Hall–Kier alpha value is -3.16. The monoisotopic (exact) mass is 377 g/mol. The van der Waals surface area contributed by atoms with Crippen LogP contribution in [0.1, 0.15) is 11.1 Å². The highest BCUT2D eigenvalue weighted by Gasteiger charge is 2.31. The third-order valence-electron chi connectivity index (χ3n) is 3.94. The first-order chi connectivity index (χ1) is 12.8. The lowest BCUT2D eigenvalue weighted by Gasteiger charge is -2.12. The van der Waals surface area contributed by atoms with Crippen molar-refractivity contribution in [2.75, 3.05) is 11.9 Å². The van der Waals surface area contributed by atoms with Gasteiger partial charge >= 0.3 is 12.2 Å². The van der Waals surface area contributed by atoms with Crippen LogP contribution in [0.2, 0.25) is 0 Å². The smallest absolute Gasteiger partial charge is 0.338 e. The highest BCUT2D eigenvalue weighted by Crippen LogP contribution is 2.31. The summed E-state index contributed by atoms with van der Waals surface area (Å²) in [6.45, 7) is 0.210. The molecular formula is C19H15F4N3O. The Labute approximate surface area is 152 Å². The molecule has 0 radical (unpaired) electrons. The van der Waals surface area contributed by atoms with Gasteiger partial charge in [-0.25, -0.2) is 9.18 Å². The molecule has 4 nitrogen and oxygen atoms in total. The molecule has 0 aliphatic carbocycles. The van der Waals surface area contributed by atoms with Crippen molar-refractivity contribution in [3.05, 3.63) is 71.7 Å². The molecule has 0 atom stereocenters. The zero-order valence-electron chi connectivity index (χ0n) is 14.0. The van der Waals surface area contributed by atoms with Crippen molar-refractivity contribution in [3.8, 4) is 0 Å². The quantitative estimate of drug-likeness (QED) is 0.645. The number of hydrogen-bond acceptors (Lipinski definition) is 2. The molecule has 3 aromatic rings. The van der Waals surface area contributed by atoms with Gasteiger partial charge in [0, 0.05) is 18.1 Å². The predicted molar refractivity (Wildman–Crippen MR) is 93.9 cm³/mol. The van der Waals surface area contributed by atoms with Crippen molar-refractivity contribution in [1.82, 2.24) is 10.3 Å². The molecule has 140 valence electrons. The summed E-state index contributed by atoms with van der Waals surface area (Å²) in [6, 6.07) is 10.5. The van der Waals surface area contributed by atoms with Crippen LogP contribution in [-0.2, 0) is 12.6 Å². The van der Waals surface area contributed by atoms with E-state index in [0.29, 0.717) is 24.6 Å². The van der Waals surface area contributed by atoms with Gasteiger partial charge in [0.25, 0.3) is 0 Å². The summed E-state index contributed by atoms with van der Waals surface area (Å²) < 4.78 is 51.8. The van der Waals surface area contributed by atoms with Crippen LogP contribution in [0.3, 0.4) is 0 Å². The number of alkyl halides is 3. The fourth-order valence-corrected chi connectivity index (χ4v) is 2.64. The summed E-state index contributed by atoms with van der Waals surface area (Å²) >= 11 is 0. The summed E-state index contributed by atoms with van der Waals surface area (Å²) in [5.41, 5.74) is 0.153. The summed E-state index contributed by atoms with van der Waals surface area (Å²) in [5.74, 6) is -0.948. The molecular weight excluding hydrogens is 362 g/mol. The van der Waals surface area contributed by atoms with Crippen molar-refractivity contribution in [1.29, 1.82) is 0 Å². The first kappa shape index (κ1) is 18.6. The van der Waals surface area contributed by atoms with Gasteiger partial charge in [-0.3, -0.25) is 4.98 Å². The Kier molecular flexibility index (Phi) is 5.25. The molecule has 0 fully saturated rings. The van der Waals surface area contributed by atoms with Crippen LogP contribution in [0, 0.1) is 5.82 Å². The van der Waals surface area contributed by atoms with Gasteiger partial charge in [0.05, 0.1) is 16.8 Å². The number of aromatic nitrogens is 1. The van der Waals surface area contributed by atoms with Crippen LogP contribution in [0.15, 0.2) is 54.7 Å². The summed E-state index contributed by atoms with van der Waals surface area (Å²) in [4.78, 5) is 16.2. The number of rotatable bonds is 4. The van der Waals surface area contributed by atoms with Crippen LogP contribution in [-0.4, -0.2) is 17.6 Å². The van der Waals surface area contributed by atoms with Crippen molar-refractivity contribution < 1.29 is 22.4 Å². The lowest BCUT2D eigenvalue weighted by atomic mass is 10.1. The van der Waals surface area contributed by atoms with Gasteiger partial charge in [-0.2, -0.15) is 13.2 Å². The number of carbonyl (C=O) groups excluding carboxylic acids is 1. The number of halogens is 4. The molecule has 1 heterocycles. The predicted octanol–water partition coefficient (Wildman–Crippen LogP) is 4.76. The van der Waals surface area contributed by atoms with E-state index in [2.05, 4.69) is 15.6 Å². The maximum Gasteiger partial charge on any atom is 0.416 e. The van der Waals surface area contributed by atoms with Gasteiger partial charge in [-0.05, 0) is 36.2 Å². The van der Waals surface area contributed by atoms with Gasteiger partial charge in [-0.15, -0.1) is 0 Å². The molecule has 8 heteroatoms. The number of benzene rings is 2. The first-order valence-electron chi connectivity index (χ1n) is 8.09. The number of urea groups is 1. The van der Waals surface area contributed by atoms with E-state index in [4.69, 9.17) is 0 Å². The maximum absolute atomic E-state index is 13.7. The zero-order valence-corrected chi connectivity index (χ0v) is 14.0. The average molecular weight is 377 g/mol. The van der Waals surface area contributed by atoms with E-state index in [1.54, 1.807) is 6.20 Å². The number of para-hydroxylation sites is 1. The Bertz CT molecular complexity index is 967. The maximum atomic E-state index is 13.7. The highest BCUT2D eigenvalue weighted by molar-refractivity contribution is 5.89. The number of nitrogens with zero attached hydrogens (tertiary/aromatic N) is 1. The third kappa shape index (κ3) is 4.52. The number of hydrogen-bond donors (Lipinski definition) is 2. The van der Waals surface area contributed by atoms with E-state index in [0.717, 1.165) is 16.5 Å². The van der Waals surface area contributed by atoms with E-state index < -0.39 is 29.3 Å². The topological polar surface area (TPSA) is 54.0 Å². The molecule has 3 rings (SSSR count). The van der Waals surface area contributed by atoms with Crippen LogP contribution in [0.5, 0.6) is 0 Å². The normalized spacial score (nSPS) is 11.4. The standard InChI is InChI=1S/C19H15F4N3O/c20-15-7-6-14(19(21,22)23)11-16(15)26-18(27)25-10-8-13-4-1-3-12-5-2-9-24-17(12)13/h1-7,9,11H,8,10H2,(H2,25,26,27). The second-order valence-electron chi connectivity index (χ2n) is 5.82. The van der Waals surface area contributed by atoms with Crippen molar-refractivity contribution in [2.45, 2.75) is 12.6 Å². The molecule has 0 saturated carbocycles. The third-order valence-corrected chi connectivity index (χ3v) is 3.94. The van der Waals surface area contributed by atoms with E-state index in [9.17, 15) is 22.4 Å². The van der Waals surface area contributed by atoms with E-state index in [-0.39, 0.29) is 6.54 Å². The van der Waals surface area contributed by atoms with Gasteiger partial charge < -0.3 is 10.6 Å². The Morgan fingerprint density at radius 3 is 2.63 bits per heavy atom. The number of pyridine rings is 1. The number of amides is 2. The van der Waals surface area contributed by atoms with Gasteiger partial charge in [0.2, 0.25) is 0 Å². The minimum absolute atomic E-state index is 0.210. The van der Waals surface area contributed by atoms with Gasteiger partial charge in [0.15, 0.2) is 0 Å². The minimum Gasteiger partial charge on any atom is -0.338 e. The molecule has 0 bridgehead atoms. The minimum atomic E-state index is -4.62. The molecule has 2 N–H and O–H groups in total. The second kappa shape index (κ2) is 7.61. The molecule has 0 aliphatic heterocycles. The van der Waals surface area contributed by atoms with E-state index in [1.165, 1.54) is 0 Å². The van der Waals surface area contributed by atoms with Gasteiger partial charge in [0.1, 0.15) is 5.82 Å². The molecule has 0 saturated heterocycles. The Balaban J connectivity index is 1.62. The van der Waals surface area contributed by atoms with Gasteiger partial charge in [-0.1, -0.05) is 24.3 Å². The van der Waals surface area contributed by atoms with E-state index in [1.807, 2.05) is 30.3 Å². The van der Waals surface area contributed by atoms with Crippen LogP contribution < -0.4 is 10.6 Å². The second-order valence-corrected chi connectivity index (χ2v) is 5.82. The van der Waals surface area contributed by atoms with E-state index >= 15 is 0 Å². The SMILES string of the molecule is O=C(NCCc1cccc2cccnc12)Nc1cc(C(F)(F)F)ccc1F. The number of carbonyl (C=O) groups is 1. The van der Waals surface area contributed by atoms with Crippen LogP contribution >= 0.6 is 0 Å². The van der Waals surface area contributed by atoms with Crippen molar-refractivity contribution >= 4 is 22.6 Å². The summed E-state index contributed by atoms with van der Waals surface area (Å²) in [7, 11) is 0. The lowest BCUT2D eigenvalue weighted by molar-refractivity contribution is -0.137. The Morgan fingerprint density at radius 1 is 1.07 bits per heavy atom. The number of anilines is 1. The number of fused-ring (bicyclic) bond motifs is 1. The molecule has 0 unspecified atom stereocenters. The van der Waals surface area contributed by atoms with Crippen molar-refractivity contribution in [3.63, 3.8) is 0 Å². The van der Waals surface area contributed by atoms with Crippen molar-refractivity contribution in [2.24, 2.45) is 0 Å². The summed E-state index contributed by atoms with van der Waals surface area (Å²) in [5, 5.41) is 5.57.